The summed E-state index contributed by atoms with van der Waals surface area (Å²) in [6, 6.07) is 12.2. The number of anilines is 1. The molecule has 1 aliphatic rings. The van der Waals surface area contributed by atoms with Crippen LogP contribution in [0, 0.1) is 10.1 Å². The average Bonchev–Trinajstić information content (AvgIpc) is 3.37. The topological polar surface area (TPSA) is 123 Å². The number of nitro groups is 1. The molecule has 31 heavy (non-hydrogen) atoms. The van der Waals surface area contributed by atoms with Crippen LogP contribution in [0.15, 0.2) is 69.2 Å². The molecular weight excluding hydrogens is 420 g/mol. The van der Waals surface area contributed by atoms with Gasteiger partial charge in [0.2, 0.25) is 5.13 Å². The summed E-state index contributed by atoms with van der Waals surface area (Å²) in [5, 5.41) is 26.7. The van der Waals surface area contributed by atoms with Crippen molar-refractivity contribution < 1.29 is 14.5 Å². The summed E-state index contributed by atoms with van der Waals surface area (Å²) in [6.45, 7) is 1.67. The van der Waals surface area contributed by atoms with Gasteiger partial charge in [-0.05, 0) is 37.3 Å². The van der Waals surface area contributed by atoms with Gasteiger partial charge in [-0.15, -0.1) is 11.3 Å². The summed E-state index contributed by atoms with van der Waals surface area (Å²) in [5.41, 5.74) is 2.24. The van der Waals surface area contributed by atoms with E-state index in [1.54, 1.807) is 20.1 Å². The molecule has 0 spiro atoms. The van der Waals surface area contributed by atoms with Crippen LogP contribution in [-0.4, -0.2) is 34.7 Å². The summed E-state index contributed by atoms with van der Waals surface area (Å²) in [4.78, 5) is 27.7. The number of carbonyl (C=O) groups excluding carboxylic acids is 1. The maximum Gasteiger partial charge on any atom is 0.282 e. The number of non-ortho nitro benzene ring substituents is 1. The van der Waals surface area contributed by atoms with Crippen molar-refractivity contribution >= 4 is 39.5 Å². The third-order valence-electron chi connectivity index (χ3n) is 4.48. The Morgan fingerprint density at radius 1 is 1.23 bits per heavy atom. The Morgan fingerprint density at radius 2 is 2.00 bits per heavy atom. The molecule has 4 rings (SSSR count). The molecule has 2 aromatic carbocycles. The molecule has 10 nitrogen and oxygen atoms in total. The molecule has 1 aliphatic heterocycles. The second-order valence-corrected chi connectivity index (χ2v) is 7.37. The first-order chi connectivity index (χ1) is 15.0. The molecule has 0 aliphatic carbocycles. The first kappa shape index (κ1) is 20.3. The quantitative estimate of drug-likeness (QED) is 0.317. The smallest absolute Gasteiger partial charge is 0.282 e. The molecule has 0 N–H and O–H groups in total. The monoisotopic (exact) mass is 436 g/mol. The molecule has 1 aromatic heterocycles. The lowest BCUT2D eigenvalue weighted by Gasteiger charge is -2.08. The van der Waals surface area contributed by atoms with Gasteiger partial charge in [-0.25, -0.2) is 4.98 Å². The van der Waals surface area contributed by atoms with Crippen molar-refractivity contribution in [3.63, 3.8) is 0 Å². The van der Waals surface area contributed by atoms with Gasteiger partial charge >= 0.3 is 0 Å². The van der Waals surface area contributed by atoms with E-state index in [1.165, 1.54) is 34.5 Å². The Morgan fingerprint density at radius 3 is 2.71 bits per heavy atom. The summed E-state index contributed by atoms with van der Waals surface area (Å²) in [7, 11) is 1.60. The highest BCUT2D eigenvalue weighted by atomic mass is 32.1. The van der Waals surface area contributed by atoms with Gasteiger partial charge < -0.3 is 4.74 Å². The van der Waals surface area contributed by atoms with Crippen LogP contribution in [0.3, 0.4) is 0 Å². The number of benzene rings is 2. The first-order valence-corrected chi connectivity index (χ1v) is 9.98. The Labute approximate surface area is 180 Å². The van der Waals surface area contributed by atoms with Crippen molar-refractivity contribution in [3.8, 4) is 17.0 Å². The highest BCUT2D eigenvalue weighted by Gasteiger charge is 2.36. The summed E-state index contributed by atoms with van der Waals surface area (Å²) in [5.74, 6) is 0.355. The number of rotatable bonds is 6. The fraction of sp³-hybridized carbons (Fsp3) is 0.150. The Hall–Kier alpha value is -3.99. The third-order valence-corrected chi connectivity index (χ3v) is 5.30. The highest BCUT2D eigenvalue weighted by molar-refractivity contribution is 7.14. The van der Waals surface area contributed by atoms with Gasteiger partial charge in [-0.3, -0.25) is 14.9 Å². The van der Waals surface area contributed by atoms with Gasteiger partial charge in [0.15, 0.2) is 6.04 Å². The molecular formula is C20H16N6O4S. The van der Waals surface area contributed by atoms with Gasteiger partial charge in [0.25, 0.3) is 11.6 Å². The fourth-order valence-electron chi connectivity index (χ4n) is 2.88. The zero-order valence-corrected chi connectivity index (χ0v) is 17.3. The second-order valence-electron chi connectivity index (χ2n) is 6.53. The summed E-state index contributed by atoms with van der Waals surface area (Å²) < 4.78 is 5.16. The van der Waals surface area contributed by atoms with Crippen LogP contribution >= 0.6 is 11.3 Å². The van der Waals surface area contributed by atoms with Crippen LogP contribution in [0.25, 0.3) is 11.3 Å². The van der Waals surface area contributed by atoms with E-state index in [-0.39, 0.29) is 17.3 Å². The Balaban J connectivity index is 1.52. The summed E-state index contributed by atoms with van der Waals surface area (Å²) >= 11 is 1.29. The number of amides is 1. The van der Waals surface area contributed by atoms with Gasteiger partial charge in [0, 0.05) is 23.1 Å². The zero-order chi connectivity index (χ0) is 22.0. The van der Waals surface area contributed by atoms with Gasteiger partial charge in [-0.1, -0.05) is 6.07 Å². The van der Waals surface area contributed by atoms with Crippen LogP contribution in [-0.2, 0) is 4.79 Å². The Bertz CT molecular complexity index is 1200. The van der Waals surface area contributed by atoms with E-state index in [1.807, 2.05) is 29.6 Å². The highest BCUT2D eigenvalue weighted by Crippen LogP contribution is 2.31. The zero-order valence-electron chi connectivity index (χ0n) is 16.5. The molecule has 3 aromatic rings. The van der Waals surface area contributed by atoms with E-state index in [9.17, 15) is 14.9 Å². The molecule has 1 amide bonds. The minimum Gasteiger partial charge on any atom is -0.497 e. The van der Waals surface area contributed by atoms with Crippen molar-refractivity contribution in [2.45, 2.75) is 13.0 Å². The van der Waals surface area contributed by atoms with Gasteiger partial charge in [0.1, 0.15) is 5.75 Å². The number of methoxy groups -OCH3 is 1. The maximum absolute atomic E-state index is 12.8. The van der Waals surface area contributed by atoms with E-state index < -0.39 is 11.0 Å². The maximum atomic E-state index is 12.8. The lowest BCUT2D eigenvalue weighted by molar-refractivity contribution is -0.384. The van der Waals surface area contributed by atoms with Crippen molar-refractivity contribution in [2.75, 3.05) is 12.1 Å². The number of carbonyl (C=O) groups is 1. The van der Waals surface area contributed by atoms with Crippen molar-refractivity contribution in [1.29, 1.82) is 0 Å². The van der Waals surface area contributed by atoms with Crippen LogP contribution in [0.5, 0.6) is 5.75 Å². The van der Waals surface area contributed by atoms with Crippen LogP contribution in [0.2, 0.25) is 0 Å². The molecule has 0 saturated carbocycles. The number of aromatic nitrogens is 1. The predicted octanol–water partition coefficient (Wildman–Crippen LogP) is 4.60. The van der Waals surface area contributed by atoms with E-state index in [0.717, 1.165) is 11.3 Å². The normalized spacial score (nSPS) is 16.1. The minimum absolute atomic E-state index is 0.102. The number of ether oxygens (including phenoxy) is 1. The van der Waals surface area contributed by atoms with Crippen molar-refractivity contribution in [2.24, 2.45) is 15.3 Å². The molecule has 0 saturated heterocycles. The molecule has 0 fully saturated rings. The molecule has 156 valence electrons. The standard InChI is InChI=1S/C20H16N6O4S/c1-12-18(23-22-14-4-3-5-15(10-14)26(28)29)19(27)25(24-12)20-21-17(11-31-20)13-6-8-16(30-2)9-7-13/h3-11,18H,1-2H3/t18-/m0/s1. The van der Waals surface area contributed by atoms with E-state index in [4.69, 9.17) is 4.74 Å². The molecule has 0 unspecified atom stereocenters. The third kappa shape index (κ3) is 4.16. The number of hydrogen-bond acceptors (Lipinski definition) is 9. The largest absolute Gasteiger partial charge is 0.497 e. The number of hydrogen-bond donors (Lipinski definition) is 0. The Kier molecular flexibility index (Phi) is 5.50. The van der Waals surface area contributed by atoms with Crippen LogP contribution < -0.4 is 9.75 Å². The number of nitrogens with zero attached hydrogens (tertiary/aromatic N) is 6. The average molecular weight is 436 g/mol. The summed E-state index contributed by atoms with van der Waals surface area (Å²) in [6.07, 6.45) is 0. The predicted molar refractivity (Wildman–Crippen MR) is 116 cm³/mol. The number of thiazole rings is 1. The number of azo groups is 1. The van der Waals surface area contributed by atoms with Crippen molar-refractivity contribution in [3.05, 3.63) is 64.0 Å². The fourth-order valence-corrected chi connectivity index (χ4v) is 3.66. The molecule has 1 atom stereocenters. The van der Waals surface area contributed by atoms with Gasteiger partial charge in [-0.2, -0.15) is 20.3 Å². The number of hydrazone groups is 1. The van der Waals surface area contributed by atoms with Crippen molar-refractivity contribution in [1.82, 2.24) is 4.98 Å². The second kappa shape index (κ2) is 8.40. The van der Waals surface area contributed by atoms with E-state index >= 15 is 0 Å². The minimum atomic E-state index is -0.910. The lowest BCUT2D eigenvalue weighted by atomic mass is 10.2. The molecule has 0 radical (unpaired) electrons. The number of nitro benzene ring substituents is 1. The SMILES string of the molecule is COc1ccc(-c2csc(N3N=C(C)[C@H](N=Nc4cccc([N+](=O)[O-])c4)C3=O)n2)cc1. The van der Waals surface area contributed by atoms with Gasteiger partial charge in [0.05, 0.1) is 29.1 Å². The molecule has 11 heteroatoms. The van der Waals surface area contributed by atoms with Crippen LogP contribution in [0.1, 0.15) is 6.92 Å². The first-order valence-electron chi connectivity index (χ1n) is 9.10. The van der Waals surface area contributed by atoms with E-state index in [0.29, 0.717) is 16.5 Å². The molecule has 0 bridgehead atoms. The lowest BCUT2D eigenvalue weighted by Crippen LogP contribution is -2.29. The van der Waals surface area contributed by atoms with E-state index in [2.05, 4.69) is 20.3 Å². The van der Waals surface area contributed by atoms with Crippen LogP contribution in [0.4, 0.5) is 16.5 Å². The molecule has 2 heterocycles.